The van der Waals surface area contributed by atoms with Crippen LogP contribution in [0.2, 0.25) is 0 Å². The molecule has 1 heterocycles. The van der Waals surface area contributed by atoms with Gasteiger partial charge in [-0.3, -0.25) is 0 Å². The van der Waals surface area contributed by atoms with Gasteiger partial charge in [0.2, 0.25) is 5.95 Å². The quantitative estimate of drug-likeness (QED) is 0.782. The Kier molecular flexibility index (Phi) is 5.77. The smallest absolute Gasteiger partial charge is 0.222 e. The Morgan fingerprint density at radius 3 is 2.67 bits per heavy atom. The lowest BCUT2D eigenvalue weighted by Gasteiger charge is -2.04. The molecule has 0 atom stereocenters. The Morgan fingerprint density at radius 1 is 1.44 bits per heavy atom. The van der Waals surface area contributed by atoms with Gasteiger partial charge < -0.3 is 5.32 Å². The second kappa shape index (κ2) is 7.37. The predicted octanol–water partition coefficient (Wildman–Crippen LogP) is 3.44. The van der Waals surface area contributed by atoms with Crippen molar-refractivity contribution in [3.05, 3.63) is 54.2 Å². The van der Waals surface area contributed by atoms with E-state index in [-0.39, 0.29) is 5.83 Å². The zero-order chi connectivity index (χ0) is 13.4. The minimum Gasteiger partial charge on any atom is -0.350 e. The van der Waals surface area contributed by atoms with E-state index in [4.69, 9.17) is 0 Å². The summed E-state index contributed by atoms with van der Waals surface area (Å²) in [6.07, 6.45) is 9.27. The van der Waals surface area contributed by atoms with Crippen LogP contribution in [0.4, 0.5) is 10.3 Å². The van der Waals surface area contributed by atoms with Gasteiger partial charge in [0.05, 0.1) is 5.83 Å². The molecule has 0 aliphatic rings. The molecule has 3 nitrogen and oxygen atoms in total. The second-order valence-electron chi connectivity index (χ2n) is 3.89. The van der Waals surface area contributed by atoms with E-state index in [0.29, 0.717) is 12.5 Å². The lowest BCUT2D eigenvalue weighted by Crippen LogP contribution is -2.06. The van der Waals surface area contributed by atoms with Crippen molar-refractivity contribution >= 4 is 5.95 Å². The number of halogens is 1. The number of anilines is 1. The third kappa shape index (κ3) is 5.39. The third-order valence-corrected chi connectivity index (χ3v) is 2.24. The molecule has 18 heavy (non-hydrogen) atoms. The fourth-order valence-electron chi connectivity index (χ4n) is 1.20. The predicted molar refractivity (Wildman–Crippen MR) is 73.0 cm³/mol. The van der Waals surface area contributed by atoms with Gasteiger partial charge in [-0.25, -0.2) is 14.4 Å². The third-order valence-electron chi connectivity index (χ3n) is 2.24. The number of aryl methyl sites for hydroxylation is 1. The molecule has 0 unspecified atom stereocenters. The summed E-state index contributed by atoms with van der Waals surface area (Å²) in [6.45, 7) is 7.82. The van der Waals surface area contributed by atoms with Crippen LogP contribution in [0.5, 0.6) is 0 Å². The molecule has 0 radical (unpaired) electrons. The van der Waals surface area contributed by atoms with Crippen molar-refractivity contribution in [1.82, 2.24) is 9.97 Å². The molecule has 1 N–H and O–H groups in total. The Bertz CT molecular complexity index is 443. The van der Waals surface area contributed by atoms with E-state index >= 15 is 0 Å². The van der Waals surface area contributed by atoms with Crippen molar-refractivity contribution in [2.24, 2.45) is 0 Å². The van der Waals surface area contributed by atoms with Gasteiger partial charge in [0, 0.05) is 18.9 Å². The van der Waals surface area contributed by atoms with Gasteiger partial charge in [-0.2, -0.15) is 0 Å². The van der Waals surface area contributed by atoms with Gasteiger partial charge in [0.25, 0.3) is 0 Å². The first-order valence-electron chi connectivity index (χ1n) is 5.85. The number of aromatic nitrogens is 2. The van der Waals surface area contributed by atoms with Crippen LogP contribution < -0.4 is 5.32 Å². The van der Waals surface area contributed by atoms with Gasteiger partial charge in [0.1, 0.15) is 0 Å². The Morgan fingerprint density at radius 2 is 2.11 bits per heavy atom. The normalized spacial score (nSPS) is 11.8. The van der Waals surface area contributed by atoms with Crippen molar-refractivity contribution in [2.75, 3.05) is 11.9 Å². The molecule has 0 saturated carbocycles. The first-order chi connectivity index (χ1) is 8.61. The Balaban J connectivity index is 2.42. The highest BCUT2D eigenvalue weighted by molar-refractivity contribution is 5.31. The van der Waals surface area contributed by atoms with Crippen LogP contribution in [0.3, 0.4) is 0 Å². The highest BCUT2D eigenvalue weighted by Crippen LogP contribution is 2.02. The molecule has 0 aromatic carbocycles. The molecule has 0 saturated heterocycles. The summed E-state index contributed by atoms with van der Waals surface area (Å²) in [5.74, 6) is 0.337. The van der Waals surface area contributed by atoms with Crippen LogP contribution in [0.1, 0.15) is 19.4 Å². The summed E-state index contributed by atoms with van der Waals surface area (Å²) >= 11 is 0. The number of nitrogens with zero attached hydrogens (tertiary/aromatic N) is 2. The van der Waals surface area contributed by atoms with E-state index in [9.17, 15) is 4.39 Å². The summed E-state index contributed by atoms with van der Waals surface area (Å²) in [7, 11) is 0. The Labute approximate surface area is 107 Å². The van der Waals surface area contributed by atoms with Crippen molar-refractivity contribution in [2.45, 2.75) is 20.3 Å². The first kappa shape index (κ1) is 14.1. The minimum atomic E-state index is -0.231. The molecule has 4 heteroatoms. The van der Waals surface area contributed by atoms with E-state index in [1.54, 1.807) is 24.5 Å². The van der Waals surface area contributed by atoms with Crippen LogP contribution in [-0.4, -0.2) is 16.5 Å². The van der Waals surface area contributed by atoms with Crippen LogP contribution in [0.25, 0.3) is 0 Å². The summed E-state index contributed by atoms with van der Waals surface area (Å²) in [5, 5.41) is 3.05. The van der Waals surface area contributed by atoms with Gasteiger partial charge in [-0.15, -0.1) is 0 Å². The van der Waals surface area contributed by atoms with Crippen molar-refractivity contribution in [3.8, 4) is 0 Å². The molecule has 0 aliphatic carbocycles. The van der Waals surface area contributed by atoms with Crippen molar-refractivity contribution in [3.63, 3.8) is 0 Å². The monoisotopic (exact) mass is 247 g/mol. The molecule has 1 aromatic rings. The van der Waals surface area contributed by atoms with E-state index in [1.165, 1.54) is 13.0 Å². The lowest BCUT2D eigenvalue weighted by atomic mass is 10.2. The fraction of sp³-hybridized carbons (Fsp3) is 0.286. The lowest BCUT2D eigenvalue weighted by molar-refractivity contribution is 0.640. The standard InChI is InChI=1S/C14H18FN3/c1-4-13-9-17-14(18-10-13)16-8-11(2)6-5-7-12(3)15/h5-7,9-10H,2,4,8H2,1,3H3,(H,16,17,18)/b6-5-,12-7+. The molecule has 1 rings (SSSR count). The maximum absolute atomic E-state index is 12.4. The van der Waals surface area contributed by atoms with Crippen LogP contribution in [-0.2, 0) is 6.42 Å². The van der Waals surface area contributed by atoms with Crippen LogP contribution >= 0.6 is 0 Å². The van der Waals surface area contributed by atoms with Gasteiger partial charge >= 0.3 is 0 Å². The summed E-state index contributed by atoms with van der Waals surface area (Å²) in [5.41, 5.74) is 1.93. The molecule has 0 aliphatic heterocycles. The van der Waals surface area contributed by atoms with Crippen LogP contribution in [0, 0.1) is 0 Å². The average Bonchev–Trinajstić information content (AvgIpc) is 2.36. The summed E-state index contributed by atoms with van der Waals surface area (Å²) in [6, 6.07) is 0. The first-order valence-corrected chi connectivity index (χ1v) is 5.85. The molecule has 96 valence electrons. The van der Waals surface area contributed by atoms with Crippen molar-refractivity contribution in [1.29, 1.82) is 0 Å². The Hall–Kier alpha value is -1.97. The topological polar surface area (TPSA) is 37.8 Å². The molecular formula is C14H18FN3. The van der Waals surface area contributed by atoms with E-state index < -0.39 is 0 Å². The zero-order valence-electron chi connectivity index (χ0n) is 10.8. The second-order valence-corrected chi connectivity index (χ2v) is 3.89. The molecule has 0 amide bonds. The van der Waals surface area contributed by atoms with Gasteiger partial charge in [-0.05, 0) is 30.6 Å². The van der Waals surface area contributed by atoms with E-state index in [1.807, 2.05) is 0 Å². The van der Waals surface area contributed by atoms with E-state index in [2.05, 4.69) is 28.8 Å². The van der Waals surface area contributed by atoms with Gasteiger partial charge in [-0.1, -0.05) is 25.7 Å². The molecule has 0 bridgehead atoms. The summed E-state index contributed by atoms with van der Waals surface area (Å²) < 4.78 is 12.4. The largest absolute Gasteiger partial charge is 0.350 e. The van der Waals surface area contributed by atoms with E-state index in [0.717, 1.165) is 17.6 Å². The number of hydrogen-bond donors (Lipinski definition) is 1. The SMILES string of the molecule is C=C(/C=C\C=C(/C)F)CNc1ncc(CC)cn1. The maximum atomic E-state index is 12.4. The van der Waals surface area contributed by atoms with Gasteiger partial charge in [0.15, 0.2) is 0 Å². The molecule has 0 spiro atoms. The molecular weight excluding hydrogens is 229 g/mol. The summed E-state index contributed by atoms with van der Waals surface area (Å²) in [4.78, 5) is 8.34. The minimum absolute atomic E-state index is 0.231. The van der Waals surface area contributed by atoms with Crippen LogP contribution in [0.15, 0.2) is 48.6 Å². The van der Waals surface area contributed by atoms with Crippen molar-refractivity contribution < 1.29 is 4.39 Å². The fourth-order valence-corrected chi connectivity index (χ4v) is 1.20. The highest BCUT2D eigenvalue weighted by atomic mass is 19.1. The molecule has 1 aromatic heterocycles. The average molecular weight is 247 g/mol. The zero-order valence-corrected chi connectivity index (χ0v) is 10.8. The molecule has 0 fully saturated rings. The number of nitrogens with one attached hydrogen (secondary N) is 1. The highest BCUT2D eigenvalue weighted by Gasteiger charge is 1.96. The number of rotatable bonds is 6. The number of allylic oxidation sites excluding steroid dienone is 3. The maximum Gasteiger partial charge on any atom is 0.222 e. The number of hydrogen-bond acceptors (Lipinski definition) is 3.